The number of rotatable bonds is 7. The molecule has 2 aliphatic carbocycles. The Hall–Kier alpha value is -2.81. The van der Waals surface area contributed by atoms with Gasteiger partial charge in [-0.25, -0.2) is 9.67 Å². The van der Waals surface area contributed by atoms with E-state index in [0.717, 1.165) is 17.2 Å². The van der Waals surface area contributed by atoms with E-state index in [4.69, 9.17) is 4.74 Å². The van der Waals surface area contributed by atoms with Crippen LogP contribution in [0.15, 0.2) is 35.5 Å². The van der Waals surface area contributed by atoms with E-state index >= 15 is 0 Å². The maximum atomic E-state index is 12.6. The van der Waals surface area contributed by atoms with Crippen LogP contribution in [0, 0.1) is 25.2 Å². The van der Waals surface area contributed by atoms with Crippen molar-refractivity contribution in [3.05, 3.63) is 47.5 Å². The number of ether oxygens (including phenoxy) is 1. The van der Waals surface area contributed by atoms with Gasteiger partial charge in [-0.05, 0) is 68.5 Å². The summed E-state index contributed by atoms with van der Waals surface area (Å²) in [4.78, 5) is 18.0. The largest absolute Gasteiger partial charge is 0.476 e. The predicted molar refractivity (Wildman–Crippen MR) is 124 cm³/mol. The zero-order valence-electron chi connectivity index (χ0n) is 19.3. The molecule has 3 aromatic heterocycles. The van der Waals surface area contributed by atoms with Crippen molar-refractivity contribution in [3.8, 4) is 11.7 Å². The smallest absolute Gasteiger partial charge is 0.263 e. The molecule has 1 atom stereocenters. The molecule has 1 amide bonds. The lowest BCUT2D eigenvalue weighted by molar-refractivity contribution is 0.0983. The van der Waals surface area contributed by atoms with Crippen molar-refractivity contribution in [2.75, 3.05) is 6.61 Å². The molecule has 1 N–H and O–H groups in total. The fraction of sp³-hybridized carbons (Fsp3) is 0.478. The summed E-state index contributed by atoms with van der Waals surface area (Å²) in [6.07, 6.45) is 7.59. The monoisotopic (exact) mass is 454 g/mol. The second-order valence-electron chi connectivity index (χ2n) is 8.23. The number of hydrogen-bond acceptors (Lipinski definition) is 6. The van der Waals surface area contributed by atoms with Crippen LogP contribution >= 0.6 is 11.9 Å². The third-order valence-electron chi connectivity index (χ3n) is 6.24. The van der Waals surface area contributed by atoms with Gasteiger partial charge in [0.15, 0.2) is 5.82 Å². The van der Waals surface area contributed by atoms with Gasteiger partial charge in [0.1, 0.15) is 0 Å². The minimum absolute atomic E-state index is 0.192. The maximum Gasteiger partial charge on any atom is 0.263 e. The van der Waals surface area contributed by atoms with Crippen LogP contribution in [0.25, 0.3) is 5.82 Å². The molecule has 8 nitrogen and oxygen atoms in total. The first-order chi connectivity index (χ1) is 15.4. The van der Waals surface area contributed by atoms with E-state index in [0.29, 0.717) is 34.3 Å². The van der Waals surface area contributed by atoms with Crippen LogP contribution < -0.4 is 9.46 Å². The molecule has 0 aromatic carbocycles. The van der Waals surface area contributed by atoms with Crippen molar-refractivity contribution in [2.24, 2.45) is 18.4 Å². The molecule has 2 saturated carbocycles. The second-order valence-corrected chi connectivity index (χ2v) is 9.07. The third-order valence-corrected chi connectivity index (χ3v) is 7.15. The van der Waals surface area contributed by atoms with Gasteiger partial charge in [0, 0.05) is 19.3 Å². The summed E-state index contributed by atoms with van der Waals surface area (Å²) >= 11 is 1.26. The molecular weight excluding hydrogens is 424 g/mol. The number of nitrogens with one attached hydrogen (secondary N) is 1. The summed E-state index contributed by atoms with van der Waals surface area (Å²) in [6.45, 7) is 8.53. The van der Waals surface area contributed by atoms with E-state index in [9.17, 15) is 4.79 Å². The minimum atomic E-state index is -0.192. The molecule has 0 bridgehead atoms. The van der Waals surface area contributed by atoms with Crippen molar-refractivity contribution >= 4 is 17.9 Å². The van der Waals surface area contributed by atoms with Gasteiger partial charge in [-0.3, -0.25) is 14.2 Å². The summed E-state index contributed by atoms with van der Waals surface area (Å²) in [5.74, 6) is 1.78. The Bertz CT molecular complexity index is 1120. The van der Waals surface area contributed by atoms with Crippen molar-refractivity contribution in [1.29, 1.82) is 0 Å². The van der Waals surface area contributed by atoms with E-state index in [1.54, 1.807) is 27.7 Å². The number of pyridine rings is 1. The van der Waals surface area contributed by atoms with Crippen LogP contribution in [0.1, 0.15) is 54.9 Å². The Balaban J connectivity index is 0.00000119. The third kappa shape index (κ3) is 4.53. The maximum absolute atomic E-state index is 12.6. The average molecular weight is 455 g/mol. The first kappa shape index (κ1) is 22.4. The van der Waals surface area contributed by atoms with Crippen molar-refractivity contribution in [2.45, 2.75) is 51.9 Å². The van der Waals surface area contributed by atoms with Gasteiger partial charge >= 0.3 is 0 Å². The molecule has 0 aliphatic heterocycles. The van der Waals surface area contributed by atoms with Crippen molar-refractivity contribution < 1.29 is 9.53 Å². The molecular formula is C23H30N6O2S. The molecule has 3 aromatic rings. The SMILES string of the molecule is CC.Cc1nc(-n2ccc(OCC3CC34CC4)n2)ccc1C(=O)NSc1cnn(C)c1C. The Kier molecular flexibility index (Phi) is 6.28. The number of aromatic nitrogens is 5. The van der Waals surface area contributed by atoms with Gasteiger partial charge in [0.05, 0.1) is 34.7 Å². The molecule has 1 spiro atoms. The van der Waals surface area contributed by atoms with Crippen LogP contribution in [0.3, 0.4) is 0 Å². The van der Waals surface area contributed by atoms with Crippen LogP contribution in [0.5, 0.6) is 5.88 Å². The average Bonchev–Trinajstić information content (AvgIpc) is 3.63. The van der Waals surface area contributed by atoms with Gasteiger partial charge in [0.2, 0.25) is 5.88 Å². The van der Waals surface area contributed by atoms with Gasteiger partial charge in [-0.1, -0.05) is 13.8 Å². The van der Waals surface area contributed by atoms with Gasteiger partial charge in [0.25, 0.3) is 5.91 Å². The second kappa shape index (κ2) is 8.97. The number of hydrogen-bond donors (Lipinski definition) is 1. The fourth-order valence-electron chi connectivity index (χ4n) is 3.79. The number of nitrogens with zero attached hydrogens (tertiary/aromatic N) is 5. The highest BCUT2D eigenvalue weighted by atomic mass is 32.2. The van der Waals surface area contributed by atoms with Gasteiger partial charge in [-0.15, -0.1) is 5.10 Å². The molecule has 2 fully saturated rings. The molecule has 170 valence electrons. The molecule has 32 heavy (non-hydrogen) atoms. The first-order valence-corrected chi connectivity index (χ1v) is 11.9. The number of aryl methyl sites for hydroxylation is 2. The van der Waals surface area contributed by atoms with Crippen LogP contribution in [-0.2, 0) is 7.05 Å². The predicted octanol–water partition coefficient (Wildman–Crippen LogP) is 4.26. The summed E-state index contributed by atoms with van der Waals surface area (Å²) in [7, 11) is 1.87. The van der Waals surface area contributed by atoms with E-state index in [1.165, 1.54) is 31.2 Å². The molecule has 0 radical (unpaired) electrons. The summed E-state index contributed by atoms with van der Waals surface area (Å²) in [6, 6.07) is 5.41. The zero-order valence-corrected chi connectivity index (χ0v) is 20.1. The standard InChI is InChI=1S/C21H24N6O2S.C2H6/c1-13-16(20(28)25-30-17-11-22-26(3)14(17)2)4-5-18(23-13)27-9-6-19(24-27)29-12-15-10-21(15)7-8-21;1-2/h4-6,9,11,15H,7-8,10,12H2,1-3H3,(H,25,28);1-2H3. The fourth-order valence-corrected chi connectivity index (χ4v) is 4.48. The molecule has 9 heteroatoms. The topological polar surface area (TPSA) is 86.9 Å². The summed E-state index contributed by atoms with van der Waals surface area (Å²) < 4.78 is 12.2. The first-order valence-electron chi connectivity index (χ1n) is 11.1. The molecule has 2 aliphatic rings. The number of carbonyl (C=O) groups is 1. The van der Waals surface area contributed by atoms with Crippen LogP contribution in [-0.4, -0.2) is 37.1 Å². The lowest BCUT2D eigenvalue weighted by atomic mass is 10.2. The highest BCUT2D eigenvalue weighted by Crippen LogP contribution is 2.70. The summed E-state index contributed by atoms with van der Waals surface area (Å²) in [5, 5.41) is 8.65. The van der Waals surface area contributed by atoms with Crippen molar-refractivity contribution in [1.82, 2.24) is 29.3 Å². The zero-order chi connectivity index (χ0) is 22.9. The lowest BCUT2D eigenvalue weighted by Gasteiger charge is -2.08. The Labute approximate surface area is 192 Å². The quantitative estimate of drug-likeness (QED) is 0.537. The molecule has 1 unspecified atom stereocenters. The van der Waals surface area contributed by atoms with Crippen LogP contribution in [0.4, 0.5) is 0 Å². The number of carbonyl (C=O) groups excluding carboxylic acids is 1. The Morgan fingerprint density at radius 3 is 2.69 bits per heavy atom. The van der Waals surface area contributed by atoms with E-state index < -0.39 is 0 Å². The van der Waals surface area contributed by atoms with Crippen LogP contribution in [0.2, 0.25) is 0 Å². The highest BCUT2D eigenvalue weighted by Gasteiger charge is 2.62. The number of amides is 1. The van der Waals surface area contributed by atoms with E-state index in [1.807, 2.05) is 47.0 Å². The van der Waals surface area contributed by atoms with Crippen molar-refractivity contribution in [3.63, 3.8) is 0 Å². The van der Waals surface area contributed by atoms with Gasteiger partial charge < -0.3 is 4.74 Å². The summed E-state index contributed by atoms with van der Waals surface area (Å²) in [5.41, 5.74) is 2.79. The molecule has 3 heterocycles. The Morgan fingerprint density at radius 2 is 2.06 bits per heavy atom. The molecule has 5 rings (SSSR count). The highest BCUT2D eigenvalue weighted by molar-refractivity contribution is 7.98. The minimum Gasteiger partial charge on any atom is -0.476 e. The molecule has 0 saturated heterocycles. The van der Waals surface area contributed by atoms with E-state index in [2.05, 4.69) is 19.9 Å². The lowest BCUT2D eigenvalue weighted by Crippen LogP contribution is -2.18. The van der Waals surface area contributed by atoms with E-state index in [-0.39, 0.29) is 5.91 Å². The Morgan fingerprint density at radius 1 is 1.28 bits per heavy atom. The van der Waals surface area contributed by atoms with Gasteiger partial charge in [-0.2, -0.15) is 5.10 Å². The normalized spacial score (nSPS) is 17.5.